The molecule has 2 rings (SSSR count). The molecular weight excluding hydrogens is 258 g/mol. The van der Waals surface area contributed by atoms with E-state index in [1.165, 1.54) is 6.08 Å². The standard InChI is InChI=1S/C14H17N3O3/c18-14(7-6-12-4-2-1-3-5-12)15-16-10-8-13(9-11-16)17(19)20/h1-7,13H,8-11H2,(H,15,18). The number of benzene rings is 1. The minimum Gasteiger partial charge on any atom is -0.285 e. The van der Waals surface area contributed by atoms with Crippen LogP contribution in [0, 0.1) is 10.1 Å². The maximum absolute atomic E-state index is 11.7. The number of piperidine rings is 1. The van der Waals surface area contributed by atoms with Crippen molar-refractivity contribution in [1.82, 2.24) is 10.4 Å². The van der Waals surface area contributed by atoms with Gasteiger partial charge in [0.05, 0.1) is 0 Å². The molecule has 0 unspecified atom stereocenters. The molecule has 0 aromatic heterocycles. The van der Waals surface area contributed by atoms with Crippen LogP contribution in [0.5, 0.6) is 0 Å². The Hall–Kier alpha value is -2.21. The zero-order valence-electron chi connectivity index (χ0n) is 11.1. The fourth-order valence-electron chi connectivity index (χ4n) is 2.12. The van der Waals surface area contributed by atoms with Gasteiger partial charge in [0.2, 0.25) is 6.04 Å². The summed E-state index contributed by atoms with van der Waals surface area (Å²) in [5.41, 5.74) is 3.69. The third-order valence-corrected chi connectivity index (χ3v) is 3.26. The Balaban J connectivity index is 1.78. The van der Waals surface area contributed by atoms with Crippen LogP contribution in [-0.2, 0) is 4.79 Å². The van der Waals surface area contributed by atoms with Crippen LogP contribution in [0.15, 0.2) is 36.4 Å². The van der Waals surface area contributed by atoms with Crippen molar-refractivity contribution in [1.29, 1.82) is 0 Å². The topological polar surface area (TPSA) is 75.5 Å². The number of amides is 1. The van der Waals surface area contributed by atoms with Crippen molar-refractivity contribution in [2.75, 3.05) is 13.1 Å². The quantitative estimate of drug-likeness (QED) is 0.513. The molecule has 1 aliphatic heterocycles. The first-order chi connectivity index (χ1) is 9.65. The summed E-state index contributed by atoms with van der Waals surface area (Å²) >= 11 is 0. The van der Waals surface area contributed by atoms with E-state index in [1.807, 2.05) is 30.3 Å². The van der Waals surface area contributed by atoms with E-state index in [2.05, 4.69) is 5.43 Å². The largest absolute Gasteiger partial charge is 0.285 e. The van der Waals surface area contributed by atoms with Crippen molar-refractivity contribution in [2.45, 2.75) is 18.9 Å². The number of hydrazine groups is 1. The first-order valence-corrected chi connectivity index (χ1v) is 6.57. The Morgan fingerprint density at radius 3 is 2.55 bits per heavy atom. The van der Waals surface area contributed by atoms with Gasteiger partial charge in [0, 0.05) is 36.9 Å². The lowest BCUT2D eigenvalue weighted by molar-refractivity contribution is -0.527. The van der Waals surface area contributed by atoms with E-state index in [0.717, 1.165) is 5.56 Å². The number of carbonyl (C=O) groups is 1. The number of nitrogens with zero attached hydrogens (tertiary/aromatic N) is 2. The molecule has 1 amide bonds. The second-order valence-corrected chi connectivity index (χ2v) is 4.72. The molecular formula is C14H17N3O3. The molecule has 1 N–H and O–H groups in total. The Bertz CT molecular complexity index is 494. The molecule has 1 aliphatic rings. The van der Waals surface area contributed by atoms with Crippen LogP contribution in [-0.4, -0.2) is 35.0 Å². The van der Waals surface area contributed by atoms with Crippen LogP contribution in [0.3, 0.4) is 0 Å². The fraction of sp³-hybridized carbons (Fsp3) is 0.357. The number of nitrogens with one attached hydrogen (secondary N) is 1. The number of hydrogen-bond donors (Lipinski definition) is 1. The number of carbonyl (C=O) groups excluding carboxylic acids is 1. The van der Waals surface area contributed by atoms with Crippen LogP contribution in [0.4, 0.5) is 0 Å². The summed E-state index contributed by atoms with van der Waals surface area (Å²) in [5.74, 6) is -0.214. The molecule has 0 aliphatic carbocycles. The third kappa shape index (κ3) is 4.17. The minimum atomic E-state index is -0.483. The van der Waals surface area contributed by atoms with E-state index in [4.69, 9.17) is 0 Å². The van der Waals surface area contributed by atoms with Gasteiger partial charge in [0.1, 0.15) is 0 Å². The molecule has 0 saturated carbocycles. The van der Waals surface area contributed by atoms with Gasteiger partial charge in [-0.05, 0) is 11.6 Å². The average Bonchev–Trinajstić information content (AvgIpc) is 2.47. The highest BCUT2D eigenvalue weighted by Gasteiger charge is 2.27. The molecule has 0 bridgehead atoms. The number of hydrogen-bond acceptors (Lipinski definition) is 4. The Morgan fingerprint density at radius 1 is 1.30 bits per heavy atom. The van der Waals surface area contributed by atoms with E-state index in [1.54, 1.807) is 11.1 Å². The lowest BCUT2D eigenvalue weighted by Gasteiger charge is -2.27. The van der Waals surface area contributed by atoms with E-state index in [9.17, 15) is 14.9 Å². The van der Waals surface area contributed by atoms with Crippen LogP contribution in [0.2, 0.25) is 0 Å². The maximum atomic E-state index is 11.7. The monoisotopic (exact) mass is 275 g/mol. The van der Waals surface area contributed by atoms with Gasteiger partial charge >= 0.3 is 0 Å². The SMILES string of the molecule is O=C(C=Cc1ccccc1)NN1CCC([N+](=O)[O-])CC1. The van der Waals surface area contributed by atoms with Crippen LogP contribution < -0.4 is 5.43 Å². The van der Waals surface area contributed by atoms with Crippen molar-refractivity contribution in [3.8, 4) is 0 Å². The van der Waals surface area contributed by atoms with Gasteiger partial charge in [-0.2, -0.15) is 0 Å². The lowest BCUT2D eigenvalue weighted by atomic mass is 10.1. The summed E-state index contributed by atoms with van der Waals surface area (Å²) in [7, 11) is 0. The van der Waals surface area contributed by atoms with Crippen LogP contribution >= 0.6 is 0 Å². The smallest absolute Gasteiger partial charge is 0.258 e. The molecule has 1 aromatic rings. The molecule has 1 saturated heterocycles. The molecule has 0 spiro atoms. The van der Waals surface area contributed by atoms with Crippen molar-refractivity contribution < 1.29 is 9.72 Å². The number of rotatable bonds is 4. The highest BCUT2D eigenvalue weighted by Crippen LogP contribution is 2.11. The van der Waals surface area contributed by atoms with E-state index >= 15 is 0 Å². The minimum absolute atomic E-state index is 0.214. The first-order valence-electron chi connectivity index (χ1n) is 6.57. The van der Waals surface area contributed by atoms with Crippen molar-refractivity contribution in [3.63, 3.8) is 0 Å². The zero-order chi connectivity index (χ0) is 14.4. The lowest BCUT2D eigenvalue weighted by Crippen LogP contribution is -2.48. The fourth-order valence-corrected chi connectivity index (χ4v) is 2.12. The normalized spacial score (nSPS) is 17.2. The van der Waals surface area contributed by atoms with Gasteiger partial charge in [-0.3, -0.25) is 20.3 Å². The third-order valence-electron chi connectivity index (χ3n) is 3.26. The molecule has 0 radical (unpaired) electrons. The van der Waals surface area contributed by atoms with Gasteiger partial charge in [-0.25, -0.2) is 5.01 Å². The van der Waals surface area contributed by atoms with E-state index in [0.29, 0.717) is 25.9 Å². The highest BCUT2D eigenvalue weighted by atomic mass is 16.6. The summed E-state index contributed by atoms with van der Waals surface area (Å²) in [6, 6.07) is 9.05. The van der Waals surface area contributed by atoms with Gasteiger partial charge in [0.15, 0.2) is 0 Å². The van der Waals surface area contributed by atoms with E-state index in [-0.39, 0.29) is 10.8 Å². The first kappa shape index (κ1) is 14.2. The molecule has 1 aromatic carbocycles. The second kappa shape index (κ2) is 6.81. The van der Waals surface area contributed by atoms with Gasteiger partial charge < -0.3 is 0 Å². The van der Waals surface area contributed by atoms with Crippen LogP contribution in [0.25, 0.3) is 6.08 Å². The maximum Gasteiger partial charge on any atom is 0.258 e. The summed E-state index contributed by atoms with van der Waals surface area (Å²) in [6.45, 7) is 1.02. The van der Waals surface area contributed by atoms with Gasteiger partial charge in [0.25, 0.3) is 5.91 Å². The summed E-state index contributed by atoms with van der Waals surface area (Å²) in [5, 5.41) is 12.4. The summed E-state index contributed by atoms with van der Waals surface area (Å²) < 4.78 is 0. The molecule has 1 heterocycles. The summed E-state index contributed by atoms with van der Waals surface area (Å²) in [4.78, 5) is 22.1. The Kier molecular flexibility index (Phi) is 4.84. The predicted molar refractivity (Wildman–Crippen MR) is 75.2 cm³/mol. The molecule has 1 fully saturated rings. The zero-order valence-corrected chi connectivity index (χ0v) is 11.1. The van der Waals surface area contributed by atoms with Gasteiger partial charge in [-0.15, -0.1) is 0 Å². The van der Waals surface area contributed by atoms with Gasteiger partial charge in [-0.1, -0.05) is 30.3 Å². The molecule has 106 valence electrons. The van der Waals surface area contributed by atoms with Crippen molar-refractivity contribution >= 4 is 12.0 Å². The summed E-state index contributed by atoms with van der Waals surface area (Å²) in [6.07, 6.45) is 4.14. The molecule has 0 atom stereocenters. The predicted octanol–water partition coefficient (Wildman–Crippen LogP) is 1.47. The second-order valence-electron chi connectivity index (χ2n) is 4.72. The van der Waals surface area contributed by atoms with Crippen molar-refractivity contribution in [2.24, 2.45) is 0 Å². The average molecular weight is 275 g/mol. The Labute approximate surface area is 117 Å². The highest BCUT2D eigenvalue weighted by molar-refractivity contribution is 5.91. The van der Waals surface area contributed by atoms with Crippen LogP contribution in [0.1, 0.15) is 18.4 Å². The molecule has 6 heteroatoms. The number of nitro groups is 1. The molecule has 6 nitrogen and oxygen atoms in total. The molecule has 20 heavy (non-hydrogen) atoms. The van der Waals surface area contributed by atoms with Crippen molar-refractivity contribution in [3.05, 3.63) is 52.1 Å². The van der Waals surface area contributed by atoms with E-state index < -0.39 is 6.04 Å². The Morgan fingerprint density at radius 2 is 1.95 bits per heavy atom.